The van der Waals surface area contributed by atoms with Crippen LogP contribution in [0.3, 0.4) is 0 Å². The first-order valence-electron chi connectivity index (χ1n) is 7.52. The van der Waals surface area contributed by atoms with E-state index in [2.05, 4.69) is 20.1 Å². The fourth-order valence-corrected chi connectivity index (χ4v) is 2.75. The Morgan fingerprint density at radius 3 is 2.67 bits per heavy atom. The van der Waals surface area contributed by atoms with Gasteiger partial charge in [0.1, 0.15) is 6.33 Å². The molecule has 4 rings (SSSR count). The molecule has 118 valence electrons. The van der Waals surface area contributed by atoms with E-state index in [9.17, 15) is 4.79 Å². The molecule has 0 amide bonds. The Hall–Kier alpha value is -3.35. The molecule has 4 aromatic rings. The normalized spacial score (nSPS) is 12.4. The van der Waals surface area contributed by atoms with Gasteiger partial charge in [-0.15, -0.1) is 0 Å². The fraction of sp³-hybridized carbons (Fsp3) is 0.118. The smallest absolute Gasteiger partial charge is 0.282 e. The van der Waals surface area contributed by atoms with E-state index in [4.69, 9.17) is 0 Å². The molecule has 3 heterocycles. The Labute approximate surface area is 137 Å². The standard InChI is InChI=1S/C17H14N6O/c1-12(13-5-2-3-6-14(13)23-10-4-7-21-23)22-11-20-16-15(17(22)24)18-8-9-19-16/h2-12H,1H3. The zero-order chi connectivity index (χ0) is 16.5. The van der Waals surface area contributed by atoms with Crippen LogP contribution in [0.2, 0.25) is 0 Å². The molecule has 7 nitrogen and oxygen atoms in total. The Morgan fingerprint density at radius 1 is 1.00 bits per heavy atom. The minimum atomic E-state index is -0.225. The van der Waals surface area contributed by atoms with E-state index < -0.39 is 0 Å². The molecule has 0 aliphatic heterocycles. The van der Waals surface area contributed by atoms with Crippen LogP contribution in [-0.4, -0.2) is 29.3 Å². The van der Waals surface area contributed by atoms with E-state index in [-0.39, 0.29) is 17.1 Å². The molecule has 1 atom stereocenters. The van der Waals surface area contributed by atoms with Crippen molar-refractivity contribution in [3.63, 3.8) is 0 Å². The van der Waals surface area contributed by atoms with Crippen molar-refractivity contribution in [3.8, 4) is 5.69 Å². The molecule has 0 bridgehead atoms. The van der Waals surface area contributed by atoms with Crippen LogP contribution in [0.1, 0.15) is 18.5 Å². The minimum Gasteiger partial charge on any atom is -0.290 e. The number of aromatic nitrogens is 6. The molecule has 7 heteroatoms. The number of benzene rings is 1. The van der Waals surface area contributed by atoms with Crippen molar-refractivity contribution in [3.05, 3.63) is 77.4 Å². The second kappa shape index (κ2) is 5.69. The van der Waals surface area contributed by atoms with Gasteiger partial charge in [-0.05, 0) is 19.1 Å². The van der Waals surface area contributed by atoms with Gasteiger partial charge in [0.25, 0.3) is 5.56 Å². The van der Waals surface area contributed by atoms with E-state index in [0.29, 0.717) is 5.65 Å². The summed E-state index contributed by atoms with van der Waals surface area (Å²) >= 11 is 0. The highest BCUT2D eigenvalue weighted by Crippen LogP contribution is 2.23. The first-order valence-corrected chi connectivity index (χ1v) is 7.52. The molecule has 1 aromatic carbocycles. The molecule has 0 saturated heterocycles. The molecule has 0 N–H and O–H groups in total. The first-order chi connectivity index (χ1) is 11.8. The van der Waals surface area contributed by atoms with Gasteiger partial charge < -0.3 is 0 Å². The molecular weight excluding hydrogens is 304 g/mol. The Kier molecular flexibility index (Phi) is 3.38. The molecule has 0 aliphatic rings. The van der Waals surface area contributed by atoms with E-state index in [0.717, 1.165) is 11.3 Å². The number of hydrogen-bond acceptors (Lipinski definition) is 5. The van der Waals surface area contributed by atoms with Crippen LogP contribution < -0.4 is 5.56 Å². The van der Waals surface area contributed by atoms with Crippen LogP contribution in [0.15, 0.2) is 66.2 Å². The SMILES string of the molecule is CC(c1ccccc1-n1cccn1)n1cnc2nccnc2c1=O. The molecule has 3 aromatic heterocycles. The Morgan fingerprint density at radius 2 is 1.83 bits per heavy atom. The highest BCUT2D eigenvalue weighted by molar-refractivity contribution is 5.67. The summed E-state index contributed by atoms with van der Waals surface area (Å²) in [6.07, 6.45) is 8.14. The van der Waals surface area contributed by atoms with Crippen molar-refractivity contribution in [2.45, 2.75) is 13.0 Å². The van der Waals surface area contributed by atoms with Gasteiger partial charge >= 0.3 is 0 Å². The average molecular weight is 318 g/mol. The van der Waals surface area contributed by atoms with Crippen LogP contribution in [0.5, 0.6) is 0 Å². The van der Waals surface area contributed by atoms with Crippen molar-refractivity contribution >= 4 is 11.2 Å². The third-order valence-corrected chi connectivity index (χ3v) is 3.98. The number of fused-ring (bicyclic) bond motifs is 1. The summed E-state index contributed by atoms with van der Waals surface area (Å²) in [6.45, 7) is 1.95. The molecule has 0 saturated carbocycles. The maximum absolute atomic E-state index is 12.7. The number of para-hydroxylation sites is 1. The van der Waals surface area contributed by atoms with Gasteiger partial charge in [0.15, 0.2) is 11.2 Å². The van der Waals surface area contributed by atoms with Crippen LogP contribution in [0.4, 0.5) is 0 Å². The van der Waals surface area contributed by atoms with Gasteiger partial charge in [0.05, 0.1) is 11.7 Å². The van der Waals surface area contributed by atoms with Gasteiger partial charge in [0.2, 0.25) is 0 Å². The largest absolute Gasteiger partial charge is 0.290 e. The summed E-state index contributed by atoms with van der Waals surface area (Å²) < 4.78 is 3.35. The summed E-state index contributed by atoms with van der Waals surface area (Å²) in [6, 6.07) is 9.48. The van der Waals surface area contributed by atoms with Crippen LogP contribution >= 0.6 is 0 Å². The van der Waals surface area contributed by atoms with E-state index >= 15 is 0 Å². The highest BCUT2D eigenvalue weighted by Gasteiger charge is 2.16. The van der Waals surface area contributed by atoms with Gasteiger partial charge in [0, 0.05) is 30.4 Å². The molecule has 0 radical (unpaired) electrons. The lowest BCUT2D eigenvalue weighted by Crippen LogP contribution is -2.26. The predicted molar refractivity (Wildman–Crippen MR) is 89.0 cm³/mol. The van der Waals surface area contributed by atoms with Crippen molar-refractivity contribution in [2.75, 3.05) is 0 Å². The lowest BCUT2D eigenvalue weighted by Gasteiger charge is -2.18. The third kappa shape index (κ3) is 2.26. The minimum absolute atomic E-state index is 0.212. The van der Waals surface area contributed by atoms with Crippen molar-refractivity contribution in [1.82, 2.24) is 29.3 Å². The molecule has 1 unspecified atom stereocenters. The Balaban J connectivity index is 1.88. The number of nitrogens with zero attached hydrogens (tertiary/aromatic N) is 6. The van der Waals surface area contributed by atoms with Gasteiger partial charge in [-0.2, -0.15) is 5.10 Å². The number of rotatable bonds is 3. The molecular formula is C17H14N6O. The monoisotopic (exact) mass is 318 g/mol. The van der Waals surface area contributed by atoms with Crippen molar-refractivity contribution in [1.29, 1.82) is 0 Å². The second-order valence-electron chi connectivity index (χ2n) is 5.37. The third-order valence-electron chi connectivity index (χ3n) is 3.98. The van der Waals surface area contributed by atoms with Crippen LogP contribution in [0.25, 0.3) is 16.9 Å². The summed E-state index contributed by atoms with van der Waals surface area (Å²) in [5.74, 6) is 0. The molecule has 0 spiro atoms. The zero-order valence-corrected chi connectivity index (χ0v) is 12.9. The first kappa shape index (κ1) is 14.3. The summed E-state index contributed by atoms with van der Waals surface area (Å²) in [5.41, 5.74) is 2.29. The number of hydrogen-bond donors (Lipinski definition) is 0. The lowest BCUT2D eigenvalue weighted by atomic mass is 10.1. The Bertz CT molecular complexity index is 1050. The van der Waals surface area contributed by atoms with Crippen molar-refractivity contribution < 1.29 is 0 Å². The molecule has 0 fully saturated rings. The highest BCUT2D eigenvalue weighted by atomic mass is 16.1. The molecule has 24 heavy (non-hydrogen) atoms. The predicted octanol–water partition coefficient (Wildman–Crippen LogP) is 1.98. The van der Waals surface area contributed by atoms with E-state index in [1.54, 1.807) is 15.4 Å². The summed E-state index contributed by atoms with van der Waals surface area (Å²) in [7, 11) is 0. The van der Waals surface area contributed by atoms with Crippen LogP contribution in [-0.2, 0) is 0 Å². The lowest BCUT2D eigenvalue weighted by molar-refractivity contribution is 0.601. The van der Waals surface area contributed by atoms with E-state index in [1.807, 2.05) is 43.5 Å². The summed E-state index contributed by atoms with van der Waals surface area (Å²) in [4.78, 5) is 25.2. The van der Waals surface area contributed by atoms with Gasteiger partial charge in [-0.3, -0.25) is 9.36 Å². The van der Waals surface area contributed by atoms with Crippen molar-refractivity contribution in [2.24, 2.45) is 0 Å². The van der Waals surface area contributed by atoms with Gasteiger partial charge in [-0.1, -0.05) is 18.2 Å². The second-order valence-corrected chi connectivity index (χ2v) is 5.37. The topological polar surface area (TPSA) is 78.5 Å². The summed E-state index contributed by atoms with van der Waals surface area (Å²) in [5, 5.41) is 4.29. The maximum atomic E-state index is 12.7. The maximum Gasteiger partial charge on any atom is 0.282 e. The average Bonchev–Trinajstić information content (AvgIpc) is 3.16. The van der Waals surface area contributed by atoms with Crippen LogP contribution in [0, 0.1) is 0 Å². The molecule has 0 aliphatic carbocycles. The quantitative estimate of drug-likeness (QED) is 0.577. The fourth-order valence-electron chi connectivity index (χ4n) is 2.75. The van der Waals surface area contributed by atoms with E-state index in [1.165, 1.54) is 18.7 Å². The van der Waals surface area contributed by atoms with Gasteiger partial charge in [-0.25, -0.2) is 19.6 Å². The zero-order valence-electron chi connectivity index (χ0n) is 12.9.